The highest BCUT2D eigenvalue weighted by Crippen LogP contribution is 2.56. The number of halogens is 3. The summed E-state index contributed by atoms with van der Waals surface area (Å²) in [4.78, 5) is 22.0. The number of carbonyl (C=O) groups excluding carboxylic acids is 1. The number of anilines is 1. The van der Waals surface area contributed by atoms with Gasteiger partial charge in [0, 0.05) is 41.7 Å². The van der Waals surface area contributed by atoms with Crippen molar-refractivity contribution in [2.75, 3.05) is 18.0 Å². The Morgan fingerprint density at radius 1 is 1.10 bits per heavy atom. The zero-order valence-corrected chi connectivity index (χ0v) is 22.7. The number of nitrogens with zero attached hydrogens (tertiary/aromatic N) is 3. The van der Waals surface area contributed by atoms with Crippen LogP contribution in [0.2, 0.25) is 0 Å². The van der Waals surface area contributed by atoms with Gasteiger partial charge in [0.1, 0.15) is 11.4 Å². The smallest absolute Gasteiger partial charge is 0.406 e. The third-order valence-corrected chi connectivity index (χ3v) is 8.95. The summed E-state index contributed by atoms with van der Waals surface area (Å²) in [6.45, 7) is 5.92. The van der Waals surface area contributed by atoms with Crippen molar-refractivity contribution < 1.29 is 22.7 Å². The molecule has 0 radical (unpaired) electrons. The molecule has 6 rings (SSSR count). The number of ketones is 1. The number of rotatable bonds is 8. The lowest BCUT2D eigenvalue weighted by molar-refractivity contribution is -0.274. The lowest BCUT2D eigenvalue weighted by Crippen LogP contribution is -2.61. The molecule has 0 unspecified atom stereocenters. The molecular formula is C30H30F3N3O2S. The Balaban J connectivity index is 0.998. The first-order valence-electron chi connectivity index (χ1n) is 13.3. The number of imidazole rings is 1. The minimum absolute atomic E-state index is 0.138. The SMILES string of the molecule is CCc1nc2sc(C)cn2c1C(=O)CCc1ccc(C2CC3(C2)CN(c2ccc(OC(F)(F)F)cc2)C3)cc1. The van der Waals surface area contributed by atoms with E-state index in [0.29, 0.717) is 24.2 Å². The van der Waals surface area contributed by atoms with E-state index in [1.807, 2.05) is 24.4 Å². The van der Waals surface area contributed by atoms with Crippen molar-refractivity contribution in [2.45, 2.75) is 58.2 Å². The van der Waals surface area contributed by atoms with Crippen LogP contribution in [-0.2, 0) is 12.8 Å². The van der Waals surface area contributed by atoms with Gasteiger partial charge in [0.15, 0.2) is 10.7 Å². The van der Waals surface area contributed by atoms with E-state index in [1.54, 1.807) is 23.5 Å². The molecule has 5 nitrogen and oxygen atoms in total. The number of hydrogen-bond donors (Lipinski definition) is 0. The van der Waals surface area contributed by atoms with Crippen molar-refractivity contribution >= 4 is 27.8 Å². The highest BCUT2D eigenvalue weighted by atomic mass is 32.1. The zero-order chi connectivity index (χ0) is 27.4. The summed E-state index contributed by atoms with van der Waals surface area (Å²) < 4.78 is 43.1. The Bertz CT molecular complexity index is 1490. The number of Topliss-reactive ketones (excluding diaryl/α,β-unsaturated/α-hetero) is 1. The molecule has 1 spiro atoms. The van der Waals surface area contributed by atoms with Crippen molar-refractivity contribution in [3.8, 4) is 5.75 Å². The van der Waals surface area contributed by atoms with E-state index >= 15 is 0 Å². The Morgan fingerprint density at radius 2 is 1.79 bits per heavy atom. The van der Waals surface area contributed by atoms with Crippen molar-refractivity contribution in [3.05, 3.63) is 82.1 Å². The second kappa shape index (κ2) is 9.70. The normalized spacial score (nSPS) is 16.9. The maximum atomic E-state index is 13.1. The Kier molecular flexibility index (Phi) is 6.44. The molecule has 2 aromatic heterocycles. The van der Waals surface area contributed by atoms with E-state index in [1.165, 1.54) is 17.7 Å². The van der Waals surface area contributed by atoms with Crippen LogP contribution in [0.3, 0.4) is 0 Å². The van der Waals surface area contributed by atoms with Crippen molar-refractivity contribution in [3.63, 3.8) is 0 Å². The van der Waals surface area contributed by atoms with E-state index in [2.05, 4.69) is 38.9 Å². The van der Waals surface area contributed by atoms with Gasteiger partial charge >= 0.3 is 6.36 Å². The number of hydrogen-bond acceptors (Lipinski definition) is 5. The number of aryl methyl sites for hydroxylation is 3. The molecule has 2 fully saturated rings. The molecule has 1 aliphatic carbocycles. The molecule has 1 aliphatic heterocycles. The number of carbonyl (C=O) groups is 1. The molecule has 0 amide bonds. The number of thiazole rings is 1. The highest BCUT2D eigenvalue weighted by molar-refractivity contribution is 7.17. The van der Waals surface area contributed by atoms with Gasteiger partial charge in [0.05, 0.1) is 5.69 Å². The maximum absolute atomic E-state index is 13.1. The first-order valence-corrected chi connectivity index (χ1v) is 14.1. The second-order valence-electron chi connectivity index (χ2n) is 10.9. The fourth-order valence-corrected chi connectivity index (χ4v) is 7.00. The predicted octanol–water partition coefficient (Wildman–Crippen LogP) is 7.36. The van der Waals surface area contributed by atoms with Gasteiger partial charge in [-0.15, -0.1) is 24.5 Å². The first kappa shape index (κ1) is 25.9. The van der Waals surface area contributed by atoms with Crippen LogP contribution in [0.4, 0.5) is 18.9 Å². The summed E-state index contributed by atoms with van der Waals surface area (Å²) in [5.41, 5.74) is 5.33. The molecule has 2 aliphatic rings. The molecule has 1 saturated carbocycles. The van der Waals surface area contributed by atoms with Crippen LogP contribution in [-0.4, -0.2) is 34.6 Å². The minimum atomic E-state index is -4.67. The van der Waals surface area contributed by atoms with E-state index in [0.717, 1.165) is 64.8 Å². The fourth-order valence-electron chi connectivity index (χ4n) is 6.16. The highest BCUT2D eigenvalue weighted by Gasteiger charge is 2.52. The molecular weight excluding hydrogens is 523 g/mol. The fraction of sp³-hybridized carbons (Fsp3) is 0.400. The third kappa shape index (κ3) is 5.16. The third-order valence-electron chi connectivity index (χ3n) is 8.05. The van der Waals surface area contributed by atoms with E-state index in [-0.39, 0.29) is 11.5 Å². The standard InChI is InChI=1S/C30H30F3N3O2S/c1-3-25-27(36-16-19(2)39-28(36)34-25)26(37)13-6-20-4-7-21(8-5-20)22-14-29(15-22)17-35(18-29)23-9-11-24(12-10-23)38-30(31,32)33/h4-5,7-12,16,22H,3,6,13-15,17-18H2,1-2H3. The number of ether oxygens (including phenoxy) is 1. The average molecular weight is 554 g/mol. The van der Waals surface area contributed by atoms with E-state index in [4.69, 9.17) is 0 Å². The quantitative estimate of drug-likeness (QED) is 0.214. The van der Waals surface area contributed by atoms with Gasteiger partial charge in [0.25, 0.3) is 0 Å². The monoisotopic (exact) mass is 553 g/mol. The molecule has 1 saturated heterocycles. The van der Waals surface area contributed by atoms with Gasteiger partial charge in [-0.1, -0.05) is 31.2 Å². The van der Waals surface area contributed by atoms with Crippen LogP contribution in [0, 0.1) is 12.3 Å². The molecule has 0 bridgehead atoms. The Labute approximate surface area is 229 Å². The van der Waals surface area contributed by atoms with Gasteiger partial charge in [0.2, 0.25) is 0 Å². The lowest BCUT2D eigenvalue weighted by Gasteiger charge is -2.60. The number of aromatic nitrogens is 2. The molecule has 3 heterocycles. The number of alkyl halides is 3. The van der Waals surface area contributed by atoms with Crippen LogP contribution in [0.25, 0.3) is 4.96 Å². The van der Waals surface area contributed by atoms with Gasteiger partial charge in [-0.25, -0.2) is 4.98 Å². The van der Waals surface area contributed by atoms with Crippen molar-refractivity contribution in [1.82, 2.24) is 9.38 Å². The van der Waals surface area contributed by atoms with Crippen LogP contribution in [0.5, 0.6) is 5.75 Å². The lowest BCUT2D eigenvalue weighted by atomic mass is 9.56. The summed E-state index contributed by atoms with van der Waals surface area (Å²) in [6.07, 6.45) is 1.48. The largest absolute Gasteiger partial charge is 0.573 e. The van der Waals surface area contributed by atoms with Crippen molar-refractivity contribution in [2.24, 2.45) is 5.41 Å². The zero-order valence-electron chi connectivity index (χ0n) is 21.9. The first-order chi connectivity index (χ1) is 18.6. The molecule has 0 atom stereocenters. The van der Waals surface area contributed by atoms with Crippen molar-refractivity contribution in [1.29, 1.82) is 0 Å². The van der Waals surface area contributed by atoms with Gasteiger partial charge < -0.3 is 9.64 Å². The van der Waals surface area contributed by atoms with Crippen LogP contribution >= 0.6 is 11.3 Å². The van der Waals surface area contributed by atoms with Crippen LogP contribution < -0.4 is 9.64 Å². The van der Waals surface area contributed by atoms with E-state index < -0.39 is 6.36 Å². The second-order valence-corrected chi connectivity index (χ2v) is 12.1. The molecule has 204 valence electrons. The number of benzene rings is 2. The molecule has 39 heavy (non-hydrogen) atoms. The van der Waals surface area contributed by atoms with Gasteiger partial charge in [-0.3, -0.25) is 9.20 Å². The molecule has 0 N–H and O–H groups in total. The van der Waals surface area contributed by atoms with E-state index in [9.17, 15) is 18.0 Å². The van der Waals surface area contributed by atoms with Crippen LogP contribution in [0.15, 0.2) is 54.7 Å². The Morgan fingerprint density at radius 3 is 2.44 bits per heavy atom. The summed E-state index contributed by atoms with van der Waals surface area (Å²) in [7, 11) is 0. The minimum Gasteiger partial charge on any atom is -0.406 e. The maximum Gasteiger partial charge on any atom is 0.573 e. The molecule has 2 aromatic carbocycles. The number of fused-ring (bicyclic) bond motifs is 1. The van der Waals surface area contributed by atoms with Crippen LogP contribution in [0.1, 0.15) is 64.3 Å². The predicted molar refractivity (Wildman–Crippen MR) is 146 cm³/mol. The molecule has 9 heteroatoms. The summed E-state index contributed by atoms with van der Waals surface area (Å²) in [5, 5.41) is 0. The Hall–Kier alpha value is -3.33. The van der Waals surface area contributed by atoms with Gasteiger partial charge in [-0.05, 0) is 73.9 Å². The average Bonchev–Trinajstić information content (AvgIpc) is 3.37. The summed E-state index contributed by atoms with van der Waals surface area (Å²) in [5.74, 6) is 0.471. The van der Waals surface area contributed by atoms with Gasteiger partial charge in [-0.2, -0.15) is 0 Å². The summed E-state index contributed by atoms with van der Waals surface area (Å²) in [6, 6.07) is 14.8. The topological polar surface area (TPSA) is 46.8 Å². The summed E-state index contributed by atoms with van der Waals surface area (Å²) >= 11 is 1.61. The molecule has 4 aromatic rings.